The normalized spacial score (nSPS) is 9.00. The third kappa shape index (κ3) is 11.5. The van der Waals surface area contributed by atoms with Crippen molar-refractivity contribution >= 4 is 0 Å². The van der Waals surface area contributed by atoms with Crippen LogP contribution in [0, 0.1) is 0 Å². The van der Waals surface area contributed by atoms with E-state index in [1.54, 1.807) is 0 Å². The summed E-state index contributed by atoms with van der Waals surface area (Å²) in [6.07, 6.45) is 4.91. The van der Waals surface area contributed by atoms with Crippen molar-refractivity contribution in [3.8, 4) is 0 Å². The molecule has 0 spiro atoms. The van der Waals surface area contributed by atoms with Gasteiger partial charge in [-0.3, -0.25) is 0 Å². The van der Waals surface area contributed by atoms with E-state index in [-0.39, 0.29) is 21.7 Å². The zero-order chi connectivity index (χ0) is 6.95. The van der Waals surface area contributed by atoms with Crippen molar-refractivity contribution < 1.29 is 26.5 Å². The van der Waals surface area contributed by atoms with Crippen molar-refractivity contribution in [2.45, 2.75) is 39.5 Å². The Hall–Kier alpha value is 0.674. The molecule has 0 rings (SSSR count). The van der Waals surface area contributed by atoms with Crippen LogP contribution in [0.3, 0.4) is 0 Å². The second-order valence-corrected chi connectivity index (χ2v) is 2.32. The van der Waals surface area contributed by atoms with Crippen molar-refractivity contribution in [1.29, 1.82) is 0 Å². The van der Waals surface area contributed by atoms with Crippen molar-refractivity contribution in [1.82, 2.24) is 0 Å². The van der Waals surface area contributed by atoms with Gasteiger partial charge in [-0.15, -0.1) is 0 Å². The molecule has 0 aliphatic heterocycles. The summed E-state index contributed by atoms with van der Waals surface area (Å²) in [6, 6.07) is 0. The molecule has 0 aromatic rings. The number of hydrogen-bond donors (Lipinski definition) is 0. The van der Waals surface area contributed by atoms with E-state index >= 15 is 0 Å². The Morgan fingerprint density at radius 3 is 1.60 bits per heavy atom. The molecule has 0 N–H and O–H groups in total. The van der Waals surface area contributed by atoms with E-state index in [0.29, 0.717) is 0 Å². The predicted molar refractivity (Wildman–Crippen MR) is 40.6 cm³/mol. The Morgan fingerprint density at radius 1 is 0.900 bits per heavy atom. The van der Waals surface area contributed by atoms with Crippen LogP contribution in [-0.4, -0.2) is 13.2 Å². The number of hydrogen-bond acceptors (Lipinski definition) is 1. The molecule has 0 fully saturated rings. The van der Waals surface area contributed by atoms with E-state index in [9.17, 15) is 0 Å². The van der Waals surface area contributed by atoms with Gasteiger partial charge in [-0.2, -0.15) is 0 Å². The molecule has 0 atom stereocenters. The fourth-order valence-corrected chi connectivity index (χ4v) is 0.595. The Bertz CT molecular complexity index is 42.5. The molecule has 0 aromatic carbocycles. The first-order valence-corrected chi connectivity index (χ1v) is 3.99. The van der Waals surface area contributed by atoms with Gasteiger partial charge in [-0.1, -0.05) is 26.7 Å². The van der Waals surface area contributed by atoms with Crippen LogP contribution >= 0.6 is 0 Å². The van der Waals surface area contributed by atoms with E-state index < -0.39 is 0 Å². The van der Waals surface area contributed by atoms with E-state index in [4.69, 9.17) is 4.74 Å². The molecule has 2 heteroatoms. The maximum absolute atomic E-state index is 5.31. The molecule has 56 valence electrons. The summed E-state index contributed by atoms with van der Waals surface area (Å²) in [7, 11) is 0. The molecule has 0 radical (unpaired) electrons. The average molecular weight is 178 g/mol. The molecule has 0 saturated carbocycles. The summed E-state index contributed by atoms with van der Waals surface area (Å²) < 4.78 is 5.31. The SMILES string of the molecule is CCCCOCCCC.[Ti+4]. The van der Waals surface area contributed by atoms with Crippen LogP contribution in [0.15, 0.2) is 0 Å². The minimum absolute atomic E-state index is 0. The van der Waals surface area contributed by atoms with E-state index in [0.717, 1.165) is 13.2 Å². The second kappa shape index (κ2) is 12.4. The Kier molecular flexibility index (Phi) is 16.4. The molecule has 0 saturated heterocycles. The minimum atomic E-state index is 0. The Morgan fingerprint density at radius 2 is 1.30 bits per heavy atom. The first-order valence-electron chi connectivity index (χ1n) is 3.99. The molecule has 0 bridgehead atoms. The fraction of sp³-hybridized carbons (Fsp3) is 1.00. The summed E-state index contributed by atoms with van der Waals surface area (Å²) >= 11 is 0. The maximum Gasteiger partial charge on any atom is 4.00 e. The molecule has 0 aromatic heterocycles. The van der Waals surface area contributed by atoms with Crippen molar-refractivity contribution in [2.75, 3.05) is 13.2 Å². The van der Waals surface area contributed by atoms with Crippen LogP contribution in [0.2, 0.25) is 0 Å². The van der Waals surface area contributed by atoms with Gasteiger partial charge in [0.05, 0.1) is 0 Å². The van der Waals surface area contributed by atoms with Crippen molar-refractivity contribution in [3.05, 3.63) is 0 Å². The van der Waals surface area contributed by atoms with Gasteiger partial charge in [-0.25, -0.2) is 0 Å². The molecule has 0 aliphatic rings. The van der Waals surface area contributed by atoms with Crippen LogP contribution in [0.1, 0.15) is 39.5 Å². The summed E-state index contributed by atoms with van der Waals surface area (Å²) in [6.45, 7) is 6.28. The number of rotatable bonds is 6. The topological polar surface area (TPSA) is 9.23 Å². The summed E-state index contributed by atoms with van der Waals surface area (Å²) in [4.78, 5) is 0. The Balaban J connectivity index is 0. The zero-order valence-electron chi connectivity index (χ0n) is 7.15. The molecular formula is C8H18OTi+4. The monoisotopic (exact) mass is 178 g/mol. The summed E-state index contributed by atoms with van der Waals surface area (Å²) in [5.74, 6) is 0. The first kappa shape index (κ1) is 13.3. The molecular weight excluding hydrogens is 160 g/mol. The van der Waals surface area contributed by atoms with Gasteiger partial charge in [-0.05, 0) is 12.8 Å². The Labute approximate surface area is 79.4 Å². The minimum Gasteiger partial charge on any atom is -0.381 e. The quantitative estimate of drug-likeness (QED) is 0.448. The van der Waals surface area contributed by atoms with Gasteiger partial charge < -0.3 is 4.74 Å². The van der Waals surface area contributed by atoms with E-state index in [1.807, 2.05) is 0 Å². The summed E-state index contributed by atoms with van der Waals surface area (Å²) in [5.41, 5.74) is 0. The largest absolute Gasteiger partial charge is 4.00 e. The van der Waals surface area contributed by atoms with Crippen molar-refractivity contribution in [3.63, 3.8) is 0 Å². The first-order chi connectivity index (χ1) is 4.41. The van der Waals surface area contributed by atoms with Gasteiger partial charge in [0.1, 0.15) is 0 Å². The average Bonchev–Trinajstić information content (AvgIpc) is 1.89. The molecule has 0 aliphatic carbocycles. The van der Waals surface area contributed by atoms with E-state index in [2.05, 4.69) is 13.8 Å². The van der Waals surface area contributed by atoms with Crippen LogP contribution in [0.5, 0.6) is 0 Å². The van der Waals surface area contributed by atoms with Gasteiger partial charge >= 0.3 is 21.7 Å². The van der Waals surface area contributed by atoms with Crippen LogP contribution in [0.25, 0.3) is 0 Å². The van der Waals surface area contributed by atoms with Crippen LogP contribution < -0.4 is 0 Å². The van der Waals surface area contributed by atoms with Crippen LogP contribution in [-0.2, 0) is 26.5 Å². The van der Waals surface area contributed by atoms with Gasteiger partial charge in [0, 0.05) is 13.2 Å². The fourth-order valence-electron chi connectivity index (χ4n) is 0.595. The van der Waals surface area contributed by atoms with E-state index in [1.165, 1.54) is 25.7 Å². The zero-order valence-corrected chi connectivity index (χ0v) is 8.71. The van der Waals surface area contributed by atoms with Gasteiger partial charge in [0.15, 0.2) is 0 Å². The smallest absolute Gasteiger partial charge is 0.381 e. The second-order valence-electron chi connectivity index (χ2n) is 2.32. The van der Waals surface area contributed by atoms with Gasteiger partial charge in [0.25, 0.3) is 0 Å². The third-order valence-corrected chi connectivity index (χ3v) is 1.28. The molecule has 1 nitrogen and oxygen atoms in total. The van der Waals surface area contributed by atoms with Gasteiger partial charge in [0.2, 0.25) is 0 Å². The predicted octanol–water partition coefficient (Wildman–Crippen LogP) is 2.60. The standard InChI is InChI=1S/C8H18O.Ti/c1-3-5-7-9-8-6-4-2;/h3-8H2,1-2H3;/q;+4. The molecule has 10 heavy (non-hydrogen) atoms. The summed E-state index contributed by atoms with van der Waals surface area (Å²) in [5, 5.41) is 0. The molecule has 0 amide bonds. The molecule has 0 unspecified atom stereocenters. The molecule has 0 heterocycles. The third-order valence-electron chi connectivity index (χ3n) is 1.28. The maximum atomic E-state index is 5.31. The number of unbranched alkanes of at least 4 members (excludes halogenated alkanes) is 2. The van der Waals surface area contributed by atoms with Crippen molar-refractivity contribution in [2.24, 2.45) is 0 Å². The van der Waals surface area contributed by atoms with Crippen LogP contribution in [0.4, 0.5) is 0 Å². The number of ether oxygens (including phenoxy) is 1.